The Morgan fingerprint density at radius 1 is 0.974 bits per heavy atom. The van der Waals surface area contributed by atoms with Gasteiger partial charge in [0.15, 0.2) is 16.7 Å². The van der Waals surface area contributed by atoms with Crippen molar-refractivity contribution in [1.82, 2.24) is 14.9 Å². The molecular formula is C27H17F3N4O4S. The first-order valence-electron chi connectivity index (χ1n) is 11.3. The minimum Gasteiger partial charge on any atom is -0.504 e. The van der Waals surface area contributed by atoms with Gasteiger partial charge in [-0.3, -0.25) is 24.4 Å². The Hall–Kier alpha value is -4.97. The minimum absolute atomic E-state index is 0.128. The second-order valence-electron chi connectivity index (χ2n) is 8.23. The number of anilines is 1. The van der Waals surface area contributed by atoms with Crippen molar-refractivity contribution < 1.29 is 32.6 Å². The van der Waals surface area contributed by atoms with E-state index in [0.717, 1.165) is 4.90 Å². The molecule has 2 amide bonds. The number of ether oxygens (including phenoxy) is 1. The number of thiocarbonyl (C=S) groups is 1. The first-order chi connectivity index (χ1) is 18.6. The molecule has 0 saturated carbocycles. The molecule has 4 aromatic rings. The quantitative estimate of drug-likeness (QED) is 0.201. The van der Waals surface area contributed by atoms with Gasteiger partial charge in [-0.2, -0.15) is 13.2 Å². The molecule has 12 heteroatoms. The second-order valence-corrected chi connectivity index (χ2v) is 8.62. The van der Waals surface area contributed by atoms with Gasteiger partial charge in [-0.25, -0.2) is 4.98 Å². The fraction of sp³-hybridized carbons (Fsp3) is 0.0370. The molecule has 0 atom stereocenters. The predicted octanol–water partition coefficient (Wildman–Crippen LogP) is 5.22. The Kier molecular flexibility index (Phi) is 6.62. The summed E-state index contributed by atoms with van der Waals surface area (Å²) in [5.41, 5.74) is -0.842. The van der Waals surface area contributed by atoms with Gasteiger partial charge in [0.05, 0.1) is 11.3 Å². The van der Waals surface area contributed by atoms with E-state index in [9.17, 15) is 27.9 Å². The van der Waals surface area contributed by atoms with E-state index in [4.69, 9.17) is 17.0 Å². The average Bonchev–Trinajstić information content (AvgIpc) is 3.35. The number of amides is 2. The molecule has 0 unspecified atom stereocenters. The summed E-state index contributed by atoms with van der Waals surface area (Å²) in [6.45, 7) is 0. The Morgan fingerprint density at radius 2 is 1.67 bits per heavy atom. The maximum absolute atomic E-state index is 13.4. The molecule has 0 aliphatic carbocycles. The number of hydrogen-bond acceptors (Lipinski definition) is 6. The number of para-hydroxylation sites is 1. The molecule has 2 aromatic heterocycles. The van der Waals surface area contributed by atoms with E-state index < -0.39 is 29.3 Å². The van der Waals surface area contributed by atoms with Crippen molar-refractivity contribution in [3.8, 4) is 23.1 Å². The summed E-state index contributed by atoms with van der Waals surface area (Å²) in [7, 11) is 0. The molecule has 2 N–H and O–H groups in total. The highest BCUT2D eigenvalue weighted by atomic mass is 32.1. The third kappa shape index (κ3) is 5.22. The lowest BCUT2D eigenvalue weighted by Crippen LogP contribution is -2.54. The van der Waals surface area contributed by atoms with Crippen molar-refractivity contribution in [3.63, 3.8) is 0 Å². The van der Waals surface area contributed by atoms with E-state index in [-0.39, 0.29) is 22.2 Å². The third-order valence-electron chi connectivity index (χ3n) is 5.65. The summed E-state index contributed by atoms with van der Waals surface area (Å²) in [6.07, 6.45) is -1.46. The van der Waals surface area contributed by atoms with Gasteiger partial charge in [0.2, 0.25) is 0 Å². The molecular weight excluding hydrogens is 533 g/mol. The van der Waals surface area contributed by atoms with Crippen LogP contribution in [0.25, 0.3) is 11.9 Å². The van der Waals surface area contributed by atoms with Gasteiger partial charge in [-0.1, -0.05) is 18.2 Å². The second kappa shape index (κ2) is 10.1. The molecule has 1 aliphatic heterocycles. The van der Waals surface area contributed by atoms with Crippen LogP contribution in [0.2, 0.25) is 0 Å². The zero-order chi connectivity index (χ0) is 27.7. The number of hydrogen-bond donors (Lipinski definition) is 2. The highest BCUT2D eigenvalue weighted by molar-refractivity contribution is 7.80. The van der Waals surface area contributed by atoms with E-state index in [0.29, 0.717) is 29.4 Å². The third-order valence-corrected chi connectivity index (χ3v) is 5.94. The Balaban J connectivity index is 1.44. The lowest BCUT2D eigenvalue weighted by Gasteiger charge is -2.29. The van der Waals surface area contributed by atoms with Crippen molar-refractivity contribution in [2.75, 3.05) is 4.90 Å². The topological polar surface area (TPSA) is 96.7 Å². The van der Waals surface area contributed by atoms with Gasteiger partial charge in [-0.15, -0.1) is 0 Å². The van der Waals surface area contributed by atoms with Crippen LogP contribution in [0.15, 0.2) is 90.8 Å². The van der Waals surface area contributed by atoms with Crippen LogP contribution in [0.3, 0.4) is 0 Å². The van der Waals surface area contributed by atoms with E-state index >= 15 is 0 Å². The normalized spacial score (nSPS) is 15.0. The lowest BCUT2D eigenvalue weighted by atomic mass is 10.1. The largest absolute Gasteiger partial charge is 0.504 e. The number of nitrogens with zero attached hydrogens (tertiary/aromatic N) is 3. The van der Waals surface area contributed by atoms with Gasteiger partial charge >= 0.3 is 6.18 Å². The fourth-order valence-electron chi connectivity index (χ4n) is 3.82. The molecule has 1 aliphatic rings. The smallest absolute Gasteiger partial charge is 0.418 e. The predicted molar refractivity (Wildman–Crippen MR) is 139 cm³/mol. The van der Waals surface area contributed by atoms with E-state index in [2.05, 4.69) is 10.3 Å². The van der Waals surface area contributed by atoms with Crippen molar-refractivity contribution >= 4 is 40.9 Å². The monoisotopic (exact) mass is 550 g/mol. The van der Waals surface area contributed by atoms with Crippen LogP contribution in [0.1, 0.15) is 11.3 Å². The Bertz CT molecular complexity index is 1620. The van der Waals surface area contributed by atoms with Gasteiger partial charge in [0.25, 0.3) is 11.8 Å². The number of halogens is 3. The van der Waals surface area contributed by atoms with Crippen molar-refractivity contribution in [1.29, 1.82) is 0 Å². The average molecular weight is 551 g/mol. The van der Waals surface area contributed by atoms with Crippen LogP contribution in [-0.2, 0) is 15.8 Å². The van der Waals surface area contributed by atoms with E-state index in [1.807, 2.05) is 18.2 Å². The maximum atomic E-state index is 13.4. The number of carbonyl (C=O) groups excluding carboxylic acids is 2. The standard InChI is InChI=1S/C27H17F3N4O4S/c28-27(29,30)16-13-22(35)23(31-15-16)33-12-4-5-18(33)14-21-24(36)32-26(39)34(25(21)37)17-8-10-20(11-9-17)38-19-6-2-1-3-7-19/h1-15,35H,(H,32,36,39). The summed E-state index contributed by atoms with van der Waals surface area (Å²) < 4.78 is 45.9. The molecule has 3 heterocycles. The summed E-state index contributed by atoms with van der Waals surface area (Å²) in [5.74, 6) is -1.29. The number of rotatable bonds is 5. The van der Waals surface area contributed by atoms with Crippen molar-refractivity contribution in [3.05, 3.63) is 102 Å². The number of pyridine rings is 1. The van der Waals surface area contributed by atoms with Crippen LogP contribution < -0.4 is 15.0 Å². The molecule has 1 saturated heterocycles. The molecule has 0 bridgehead atoms. The number of alkyl halides is 3. The highest BCUT2D eigenvalue weighted by Crippen LogP contribution is 2.33. The van der Waals surface area contributed by atoms with Gasteiger partial charge in [-0.05, 0) is 72.9 Å². The molecule has 5 rings (SSSR count). The van der Waals surface area contributed by atoms with E-state index in [1.54, 1.807) is 36.4 Å². The number of aromatic nitrogens is 2. The number of benzene rings is 2. The minimum atomic E-state index is -4.69. The van der Waals surface area contributed by atoms with E-state index in [1.165, 1.54) is 29.0 Å². The van der Waals surface area contributed by atoms with Gasteiger partial charge < -0.3 is 9.84 Å². The molecule has 0 spiro atoms. The van der Waals surface area contributed by atoms with Crippen LogP contribution in [0.4, 0.5) is 18.9 Å². The molecule has 2 aromatic carbocycles. The Morgan fingerprint density at radius 3 is 2.33 bits per heavy atom. The summed E-state index contributed by atoms with van der Waals surface area (Å²) >= 11 is 5.24. The zero-order valence-electron chi connectivity index (χ0n) is 19.7. The summed E-state index contributed by atoms with van der Waals surface area (Å²) in [4.78, 5) is 31.0. The van der Waals surface area contributed by atoms with Crippen LogP contribution in [0.5, 0.6) is 17.2 Å². The van der Waals surface area contributed by atoms with Gasteiger partial charge in [0.1, 0.15) is 17.1 Å². The Labute approximate surface area is 224 Å². The SMILES string of the molecule is O=C1NC(=S)N(c2ccc(Oc3ccccc3)cc2)C(=O)C1=Cc1cccn1-c1ncc(C(F)(F)F)cc1O. The van der Waals surface area contributed by atoms with Crippen molar-refractivity contribution in [2.24, 2.45) is 0 Å². The molecule has 196 valence electrons. The molecule has 0 radical (unpaired) electrons. The fourth-order valence-corrected chi connectivity index (χ4v) is 4.10. The van der Waals surface area contributed by atoms with Crippen LogP contribution >= 0.6 is 12.2 Å². The number of aromatic hydroxyl groups is 1. The highest BCUT2D eigenvalue weighted by Gasteiger charge is 2.35. The zero-order valence-corrected chi connectivity index (χ0v) is 20.5. The van der Waals surface area contributed by atoms with Crippen molar-refractivity contribution in [2.45, 2.75) is 6.18 Å². The summed E-state index contributed by atoms with van der Waals surface area (Å²) in [5, 5.41) is 12.6. The first kappa shape index (κ1) is 25.7. The number of carbonyl (C=O) groups is 2. The summed E-state index contributed by atoms with van der Waals surface area (Å²) in [6, 6.07) is 19.1. The van der Waals surface area contributed by atoms with Crippen LogP contribution in [-0.4, -0.2) is 31.6 Å². The van der Waals surface area contributed by atoms with Crippen LogP contribution in [0, 0.1) is 0 Å². The van der Waals surface area contributed by atoms with Gasteiger partial charge in [0, 0.05) is 18.1 Å². The number of nitrogens with one attached hydrogen (secondary N) is 1. The lowest BCUT2D eigenvalue weighted by molar-refractivity contribution is -0.138. The molecule has 39 heavy (non-hydrogen) atoms. The molecule has 8 nitrogen and oxygen atoms in total. The first-order valence-corrected chi connectivity index (χ1v) is 11.7. The maximum Gasteiger partial charge on any atom is 0.418 e. The molecule has 1 fully saturated rings.